The molecule has 0 amide bonds. The number of likely N-dealkylation sites (tertiary alicyclic amines) is 1. The minimum Gasteiger partial charge on any atom is -0.382 e. The number of Topliss-reactive ketones (excluding diaryl/α,β-unsaturated/α-hetero) is 1. The Labute approximate surface area is 145 Å². The molecule has 3 aliphatic rings. The zero-order valence-corrected chi connectivity index (χ0v) is 15.5. The van der Waals surface area contributed by atoms with Gasteiger partial charge in [0.1, 0.15) is 0 Å². The van der Waals surface area contributed by atoms with E-state index in [1.165, 1.54) is 30.5 Å². The van der Waals surface area contributed by atoms with Crippen molar-refractivity contribution in [2.75, 3.05) is 18.4 Å². The molecule has 1 aromatic carbocycles. The van der Waals surface area contributed by atoms with Gasteiger partial charge >= 0.3 is 0 Å². The number of hydrogen-bond acceptors (Lipinski definition) is 3. The molecule has 3 nitrogen and oxygen atoms in total. The van der Waals surface area contributed by atoms with Crippen LogP contribution in [0.15, 0.2) is 18.2 Å². The maximum absolute atomic E-state index is 12.9. The van der Waals surface area contributed by atoms with Gasteiger partial charge in [-0.2, -0.15) is 0 Å². The van der Waals surface area contributed by atoms with Gasteiger partial charge in [0, 0.05) is 29.9 Å². The lowest BCUT2D eigenvalue weighted by atomic mass is 9.65. The maximum Gasteiger partial charge on any atom is 0.176 e. The fourth-order valence-electron chi connectivity index (χ4n) is 5.76. The molecule has 2 fully saturated rings. The van der Waals surface area contributed by atoms with Crippen molar-refractivity contribution in [1.29, 1.82) is 0 Å². The zero-order valence-electron chi connectivity index (χ0n) is 15.5. The van der Waals surface area contributed by atoms with Crippen LogP contribution in [0, 0.1) is 10.8 Å². The molecule has 3 atom stereocenters. The molecular weight excluding hydrogens is 296 g/mol. The quantitative estimate of drug-likeness (QED) is 0.848. The fourth-order valence-corrected chi connectivity index (χ4v) is 5.76. The van der Waals surface area contributed by atoms with Gasteiger partial charge < -0.3 is 5.32 Å². The van der Waals surface area contributed by atoms with Crippen LogP contribution < -0.4 is 5.32 Å². The van der Waals surface area contributed by atoms with Crippen molar-refractivity contribution in [2.24, 2.45) is 10.8 Å². The summed E-state index contributed by atoms with van der Waals surface area (Å²) in [6.07, 6.45) is 4.79. The molecule has 0 spiro atoms. The molecule has 2 bridgehead atoms. The van der Waals surface area contributed by atoms with E-state index in [1.807, 2.05) is 6.07 Å². The molecule has 130 valence electrons. The Morgan fingerprint density at radius 2 is 2.08 bits per heavy atom. The Morgan fingerprint density at radius 1 is 1.29 bits per heavy atom. The number of carbonyl (C=O) groups excluding carboxylic acids is 1. The van der Waals surface area contributed by atoms with Crippen molar-refractivity contribution < 1.29 is 4.79 Å². The van der Waals surface area contributed by atoms with Crippen LogP contribution in [0.2, 0.25) is 0 Å². The van der Waals surface area contributed by atoms with E-state index in [2.05, 4.69) is 50.0 Å². The van der Waals surface area contributed by atoms with Gasteiger partial charge in [0.05, 0.1) is 6.54 Å². The van der Waals surface area contributed by atoms with Crippen LogP contribution in [0.5, 0.6) is 0 Å². The van der Waals surface area contributed by atoms with Gasteiger partial charge in [0.15, 0.2) is 5.78 Å². The minimum atomic E-state index is 0.284. The first-order chi connectivity index (χ1) is 11.2. The number of benzene rings is 1. The Bertz CT molecular complexity index is 680. The van der Waals surface area contributed by atoms with Crippen molar-refractivity contribution in [3.63, 3.8) is 0 Å². The normalized spacial score (nSPS) is 34.0. The summed E-state index contributed by atoms with van der Waals surface area (Å²) >= 11 is 0. The Balaban J connectivity index is 1.49. The Kier molecular flexibility index (Phi) is 3.58. The predicted molar refractivity (Wildman–Crippen MR) is 98.7 cm³/mol. The summed E-state index contributed by atoms with van der Waals surface area (Å²) in [6, 6.07) is 7.25. The van der Waals surface area contributed by atoms with Crippen LogP contribution in [-0.4, -0.2) is 35.9 Å². The van der Waals surface area contributed by atoms with Crippen LogP contribution in [-0.2, 0) is 6.42 Å². The highest BCUT2D eigenvalue weighted by atomic mass is 16.1. The third-order valence-electron chi connectivity index (χ3n) is 6.23. The third-order valence-corrected chi connectivity index (χ3v) is 6.23. The SMILES string of the molecule is CC1Cc2cc(C(=O)CN3CC4(C)CC3CC(C)(C)C4)ccc2N1. The molecule has 3 unspecified atom stereocenters. The third kappa shape index (κ3) is 2.88. The van der Waals surface area contributed by atoms with Crippen molar-refractivity contribution >= 4 is 11.5 Å². The van der Waals surface area contributed by atoms with Crippen LogP contribution in [0.4, 0.5) is 5.69 Å². The molecule has 0 radical (unpaired) electrons. The maximum atomic E-state index is 12.9. The van der Waals surface area contributed by atoms with Gasteiger partial charge in [-0.25, -0.2) is 0 Å². The van der Waals surface area contributed by atoms with E-state index in [-0.39, 0.29) is 5.78 Å². The number of nitrogens with one attached hydrogen (secondary N) is 1. The number of rotatable bonds is 3. The average molecular weight is 326 g/mol. The summed E-state index contributed by atoms with van der Waals surface area (Å²) in [5.41, 5.74) is 4.18. The lowest BCUT2D eigenvalue weighted by Crippen LogP contribution is -2.36. The molecule has 24 heavy (non-hydrogen) atoms. The second kappa shape index (κ2) is 5.32. The summed E-state index contributed by atoms with van der Waals surface area (Å²) in [7, 11) is 0. The first-order valence-electron chi connectivity index (χ1n) is 9.40. The molecule has 1 aliphatic carbocycles. The largest absolute Gasteiger partial charge is 0.382 e. The summed E-state index contributed by atoms with van der Waals surface area (Å²) in [6.45, 7) is 11.0. The molecule has 3 heteroatoms. The predicted octanol–water partition coefficient (Wildman–Crippen LogP) is 4.13. The van der Waals surface area contributed by atoms with Crippen molar-refractivity contribution in [1.82, 2.24) is 4.90 Å². The smallest absolute Gasteiger partial charge is 0.176 e. The van der Waals surface area contributed by atoms with E-state index >= 15 is 0 Å². The lowest BCUT2D eigenvalue weighted by Gasteiger charge is -2.39. The summed E-state index contributed by atoms with van der Waals surface area (Å²) in [4.78, 5) is 15.3. The fraction of sp³-hybridized carbons (Fsp3) is 0.667. The summed E-state index contributed by atoms with van der Waals surface area (Å²) in [5.74, 6) is 0.284. The minimum absolute atomic E-state index is 0.284. The van der Waals surface area contributed by atoms with Crippen molar-refractivity contribution in [3.05, 3.63) is 29.3 Å². The number of hydrogen-bond donors (Lipinski definition) is 1. The number of fused-ring (bicyclic) bond motifs is 3. The second-order valence-electron chi connectivity index (χ2n) is 9.66. The van der Waals surface area contributed by atoms with Crippen LogP contribution in [0.1, 0.15) is 62.9 Å². The highest BCUT2D eigenvalue weighted by Gasteiger charge is 2.49. The highest BCUT2D eigenvalue weighted by molar-refractivity contribution is 5.98. The number of nitrogens with zero attached hydrogens (tertiary/aromatic N) is 1. The standard InChI is InChI=1S/C21H30N2O/c1-14-7-16-8-15(5-6-18(16)22-14)19(24)11-23-13-21(4)10-17(23)9-20(2,3)12-21/h5-6,8,14,17,22H,7,9-13H2,1-4H3. The number of anilines is 1. The number of ketones is 1. The summed E-state index contributed by atoms with van der Waals surface area (Å²) in [5, 5.41) is 3.46. The van der Waals surface area contributed by atoms with Gasteiger partial charge in [-0.1, -0.05) is 20.8 Å². The van der Waals surface area contributed by atoms with E-state index in [0.29, 0.717) is 29.5 Å². The first kappa shape index (κ1) is 16.1. The molecular formula is C21H30N2O. The zero-order chi connectivity index (χ0) is 17.1. The molecule has 1 N–H and O–H groups in total. The Hall–Kier alpha value is -1.35. The van der Waals surface area contributed by atoms with Gasteiger partial charge in [0.2, 0.25) is 0 Å². The van der Waals surface area contributed by atoms with E-state index < -0.39 is 0 Å². The Morgan fingerprint density at radius 3 is 2.88 bits per heavy atom. The van der Waals surface area contributed by atoms with Gasteiger partial charge in [-0.3, -0.25) is 9.69 Å². The second-order valence-corrected chi connectivity index (χ2v) is 9.66. The monoisotopic (exact) mass is 326 g/mol. The molecule has 4 rings (SSSR count). The molecule has 0 aromatic heterocycles. The first-order valence-corrected chi connectivity index (χ1v) is 9.40. The average Bonchev–Trinajstić information content (AvgIpc) is 2.93. The van der Waals surface area contributed by atoms with E-state index in [4.69, 9.17) is 0 Å². The van der Waals surface area contributed by atoms with Crippen LogP contribution >= 0.6 is 0 Å². The number of carbonyl (C=O) groups is 1. The van der Waals surface area contributed by atoms with Gasteiger partial charge in [0.25, 0.3) is 0 Å². The topological polar surface area (TPSA) is 32.3 Å². The molecule has 1 saturated heterocycles. The van der Waals surface area contributed by atoms with Crippen molar-refractivity contribution in [2.45, 2.75) is 65.5 Å². The van der Waals surface area contributed by atoms with Crippen LogP contribution in [0.3, 0.4) is 0 Å². The van der Waals surface area contributed by atoms with Gasteiger partial charge in [-0.05, 0) is 67.2 Å². The molecule has 1 aromatic rings. The van der Waals surface area contributed by atoms with E-state index in [1.54, 1.807) is 0 Å². The summed E-state index contributed by atoms with van der Waals surface area (Å²) < 4.78 is 0. The lowest BCUT2D eigenvalue weighted by molar-refractivity contribution is 0.0900. The van der Waals surface area contributed by atoms with Crippen LogP contribution in [0.25, 0.3) is 0 Å². The van der Waals surface area contributed by atoms with E-state index in [9.17, 15) is 4.79 Å². The molecule has 2 heterocycles. The highest BCUT2D eigenvalue weighted by Crippen LogP contribution is 2.52. The van der Waals surface area contributed by atoms with Crippen molar-refractivity contribution in [3.8, 4) is 0 Å². The molecule has 2 aliphatic heterocycles. The molecule has 1 saturated carbocycles. The van der Waals surface area contributed by atoms with E-state index in [0.717, 1.165) is 18.5 Å². The van der Waals surface area contributed by atoms with Gasteiger partial charge in [-0.15, -0.1) is 0 Å².